The van der Waals surface area contributed by atoms with E-state index in [1.165, 1.54) is 0 Å². The molecule has 0 fully saturated rings. The monoisotopic (exact) mass is 700 g/mol. The van der Waals surface area contributed by atoms with Crippen molar-refractivity contribution in [1.82, 2.24) is 35.5 Å². The van der Waals surface area contributed by atoms with E-state index in [1.807, 2.05) is 83.4 Å². The number of aromatic amines is 1. The van der Waals surface area contributed by atoms with Crippen LogP contribution in [-0.2, 0) is 33.8 Å². The van der Waals surface area contributed by atoms with Crippen LogP contribution in [0.3, 0.4) is 0 Å². The van der Waals surface area contributed by atoms with Gasteiger partial charge in [-0.15, -0.1) is 20.3 Å². The zero-order valence-electron chi connectivity index (χ0n) is 27.5. The van der Waals surface area contributed by atoms with Crippen LogP contribution in [0.5, 0.6) is 0 Å². The van der Waals surface area contributed by atoms with Crippen LogP contribution >= 0.6 is 11.6 Å². The van der Waals surface area contributed by atoms with E-state index in [9.17, 15) is 19.7 Å². The number of ether oxygens (including phenoxy) is 1. The standard InChI is InChI=1S/C35H37ClN8O6/c1-2-3-14-30-38-33(36)32(35(46)37-27(21-24-10-5-4-6-11-24)23-49-31(45)15-9-20-50-44(47)48)43(30)22-25-16-18-26(19-17-25)28-12-7-8-13-29(28)34-39-41-42-40-34/h4-8,10-13,16-19,27H,2-3,9,14-15,20-23H2,1H3,(H,37,46)(H,39,40,41,42). The molecule has 0 bridgehead atoms. The molecule has 2 aromatic heterocycles. The third-order valence-electron chi connectivity index (χ3n) is 7.92. The number of esters is 1. The Morgan fingerprint density at radius 3 is 2.44 bits per heavy atom. The third-order valence-corrected chi connectivity index (χ3v) is 8.18. The fraction of sp³-hybridized carbons (Fsp3) is 0.314. The van der Waals surface area contributed by atoms with Crippen LogP contribution in [0.2, 0.25) is 5.15 Å². The molecule has 0 aliphatic carbocycles. The number of carbonyl (C=O) groups excluding carboxylic acids is 2. The number of hydrogen-bond donors (Lipinski definition) is 2. The number of nitrogens with one attached hydrogen (secondary N) is 2. The van der Waals surface area contributed by atoms with Gasteiger partial charge in [-0.3, -0.25) is 9.59 Å². The van der Waals surface area contributed by atoms with Crippen LogP contribution in [0.4, 0.5) is 0 Å². The Labute approximate surface area is 293 Å². The van der Waals surface area contributed by atoms with E-state index in [-0.39, 0.29) is 36.9 Å². The second kappa shape index (κ2) is 17.7. The van der Waals surface area contributed by atoms with Gasteiger partial charge in [0, 0.05) is 24.9 Å². The van der Waals surface area contributed by atoms with Gasteiger partial charge in [-0.05, 0) is 46.7 Å². The minimum atomic E-state index is -0.908. The van der Waals surface area contributed by atoms with Gasteiger partial charge in [0.1, 0.15) is 18.1 Å². The molecule has 2 N–H and O–H groups in total. The first-order valence-electron chi connectivity index (χ1n) is 16.3. The molecule has 0 aliphatic rings. The first kappa shape index (κ1) is 35.7. The first-order chi connectivity index (χ1) is 24.3. The number of H-pyrrole nitrogens is 1. The first-order valence-corrected chi connectivity index (χ1v) is 16.6. The maximum atomic E-state index is 14.0. The summed E-state index contributed by atoms with van der Waals surface area (Å²) < 4.78 is 7.31. The summed E-state index contributed by atoms with van der Waals surface area (Å²) in [7, 11) is 0. The maximum absolute atomic E-state index is 14.0. The lowest BCUT2D eigenvalue weighted by molar-refractivity contribution is -0.757. The highest BCUT2D eigenvalue weighted by molar-refractivity contribution is 6.32. The van der Waals surface area contributed by atoms with Gasteiger partial charge in [-0.2, -0.15) is 5.21 Å². The van der Waals surface area contributed by atoms with Gasteiger partial charge in [0.2, 0.25) is 5.82 Å². The Bertz CT molecular complexity index is 1870. The van der Waals surface area contributed by atoms with Crippen LogP contribution in [0, 0.1) is 10.1 Å². The molecule has 14 nitrogen and oxygen atoms in total. The minimum Gasteiger partial charge on any atom is -0.463 e. The van der Waals surface area contributed by atoms with Gasteiger partial charge in [0.05, 0.1) is 12.6 Å². The highest BCUT2D eigenvalue weighted by Crippen LogP contribution is 2.30. The summed E-state index contributed by atoms with van der Waals surface area (Å²) in [5.74, 6) is 0.179. The molecule has 1 amide bonds. The third kappa shape index (κ3) is 9.72. The Kier molecular flexibility index (Phi) is 12.6. The quantitative estimate of drug-likeness (QED) is 0.0502. The van der Waals surface area contributed by atoms with Gasteiger partial charge < -0.3 is 19.5 Å². The van der Waals surface area contributed by atoms with Crippen LogP contribution in [0.25, 0.3) is 22.5 Å². The summed E-state index contributed by atoms with van der Waals surface area (Å²) in [6.45, 7) is 2.10. The molecule has 0 aliphatic heterocycles. The Morgan fingerprint density at radius 2 is 1.74 bits per heavy atom. The summed E-state index contributed by atoms with van der Waals surface area (Å²) in [4.78, 5) is 45.6. The molecule has 2 heterocycles. The Hall–Kier alpha value is -5.63. The van der Waals surface area contributed by atoms with Gasteiger partial charge in [0.25, 0.3) is 11.0 Å². The molecule has 15 heteroatoms. The van der Waals surface area contributed by atoms with Crippen LogP contribution in [-0.4, -0.2) is 66.4 Å². The molecule has 50 heavy (non-hydrogen) atoms. The minimum absolute atomic E-state index is 0.0687. The number of tetrazole rings is 1. The number of unbranched alkanes of at least 4 members (excludes halogenated alkanes) is 1. The topological polar surface area (TPSA) is 180 Å². The molecule has 260 valence electrons. The molecular formula is C35H37ClN8O6. The van der Waals surface area contributed by atoms with E-state index in [0.717, 1.165) is 40.7 Å². The number of rotatable bonds is 18. The van der Waals surface area contributed by atoms with E-state index >= 15 is 0 Å². The normalized spacial score (nSPS) is 11.6. The number of aromatic nitrogens is 6. The van der Waals surface area contributed by atoms with Gasteiger partial charge >= 0.3 is 5.97 Å². The average molecular weight is 701 g/mol. The molecule has 3 aromatic carbocycles. The van der Waals surface area contributed by atoms with Crippen molar-refractivity contribution in [2.75, 3.05) is 13.2 Å². The van der Waals surface area contributed by atoms with Crippen molar-refractivity contribution in [2.45, 2.75) is 58.0 Å². The van der Waals surface area contributed by atoms with E-state index in [0.29, 0.717) is 31.0 Å². The van der Waals surface area contributed by atoms with Crippen molar-refractivity contribution in [1.29, 1.82) is 0 Å². The number of aryl methyl sites for hydroxylation is 1. The highest BCUT2D eigenvalue weighted by atomic mass is 35.5. The van der Waals surface area contributed by atoms with E-state index in [4.69, 9.17) is 16.3 Å². The van der Waals surface area contributed by atoms with E-state index in [2.05, 4.69) is 42.7 Å². The van der Waals surface area contributed by atoms with Crippen molar-refractivity contribution in [2.24, 2.45) is 0 Å². The number of hydrogen-bond acceptors (Lipinski definition) is 10. The lowest BCUT2D eigenvalue weighted by atomic mass is 9.98. The number of nitrogens with zero attached hydrogens (tertiary/aromatic N) is 6. The lowest BCUT2D eigenvalue weighted by Crippen LogP contribution is -2.41. The van der Waals surface area contributed by atoms with Crippen LogP contribution < -0.4 is 5.32 Å². The smallest absolute Gasteiger partial charge is 0.305 e. The molecule has 1 unspecified atom stereocenters. The maximum Gasteiger partial charge on any atom is 0.305 e. The van der Waals surface area contributed by atoms with Crippen LogP contribution in [0.1, 0.15) is 60.0 Å². The van der Waals surface area contributed by atoms with E-state index in [1.54, 1.807) is 0 Å². The Morgan fingerprint density at radius 1 is 1.00 bits per heavy atom. The molecule has 0 radical (unpaired) electrons. The van der Waals surface area contributed by atoms with Gasteiger partial charge in [0.15, 0.2) is 5.15 Å². The largest absolute Gasteiger partial charge is 0.463 e. The molecule has 0 saturated heterocycles. The van der Waals surface area contributed by atoms with Crippen LogP contribution in [0.15, 0.2) is 78.9 Å². The predicted octanol–water partition coefficient (Wildman–Crippen LogP) is 5.65. The van der Waals surface area contributed by atoms with Crippen molar-refractivity contribution in [3.05, 3.63) is 117 Å². The molecule has 5 aromatic rings. The number of carbonyl (C=O) groups is 2. The molecule has 0 saturated carbocycles. The van der Waals surface area contributed by atoms with Crippen molar-refractivity contribution in [3.8, 4) is 22.5 Å². The second-order valence-electron chi connectivity index (χ2n) is 11.5. The number of halogens is 1. The van der Waals surface area contributed by atoms with E-state index < -0.39 is 23.0 Å². The molecule has 5 rings (SSSR count). The number of amides is 1. The second-order valence-corrected chi connectivity index (χ2v) is 11.9. The molecule has 1 atom stereocenters. The van der Waals surface area contributed by atoms with Crippen molar-refractivity contribution in [3.63, 3.8) is 0 Å². The fourth-order valence-corrected chi connectivity index (χ4v) is 5.77. The summed E-state index contributed by atoms with van der Waals surface area (Å²) >= 11 is 6.67. The molecular weight excluding hydrogens is 664 g/mol. The zero-order valence-corrected chi connectivity index (χ0v) is 28.2. The van der Waals surface area contributed by atoms with Crippen molar-refractivity contribution < 1.29 is 24.3 Å². The van der Waals surface area contributed by atoms with Gasteiger partial charge in [-0.25, -0.2) is 4.98 Å². The summed E-state index contributed by atoms with van der Waals surface area (Å²) in [6, 6.07) is 24.7. The number of imidazole rings is 1. The summed E-state index contributed by atoms with van der Waals surface area (Å²) in [5, 5.41) is 27.0. The molecule has 0 spiro atoms. The fourth-order valence-electron chi connectivity index (χ4n) is 5.48. The summed E-state index contributed by atoms with van der Waals surface area (Å²) in [5.41, 5.74) is 4.83. The SMILES string of the molecule is CCCCc1nc(Cl)c(C(=O)NC(COC(=O)CCCO[N+](=O)[O-])Cc2ccccc2)n1Cc1ccc(-c2ccccc2-c2nn[nH]n2)cc1. The average Bonchev–Trinajstić information content (AvgIpc) is 3.77. The van der Waals surface area contributed by atoms with Crippen molar-refractivity contribution >= 4 is 23.5 Å². The predicted molar refractivity (Wildman–Crippen MR) is 185 cm³/mol. The van der Waals surface area contributed by atoms with Gasteiger partial charge in [-0.1, -0.05) is 104 Å². The zero-order chi connectivity index (χ0) is 35.3. The Balaban J connectivity index is 1.35. The number of benzene rings is 3. The lowest BCUT2D eigenvalue weighted by Gasteiger charge is -2.20. The summed E-state index contributed by atoms with van der Waals surface area (Å²) in [6.07, 6.45) is 2.86. The highest BCUT2D eigenvalue weighted by Gasteiger charge is 2.25.